The minimum Gasteiger partial charge on any atom is -0.492 e. The first-order valence-electron chi connectivity index (χ1n) is 6.93. The Kier molecular flexibility index (Phi) is 4.90. The molecule has 0 unspecified atom stereocenters. The number of benzene rings is 2. The third-order valence-electron chi connectivity index (χ3n) is 3.18. The Morgan fingerprint density at radius 1 is 1.22 bits per heavy atom. The van der Waals surface area contributed by atoms with Crippen LogP contribution in [0.15, 0.2) is 47.4 Å². The average molecular weight is 335 g/mol. The lowest BCUT2D eigenvalue weighted by atomic mass is 10.1. The summed E-state index contributed by atoms with van der Waals surface area (Å²) >= 11 is 0. The SMILES string of the molecule is CCOc1ccccc1NS(=O)(=O)c1ccc(C)c(C(=O)O)c1. The van der Waals surface area contributed by atoms with E-state index in [0.29, 0.717) is 23.6 Å². The first-order chi connectivity index (χ1) is 10.8. The van der Waals surface area contributed by atoms with Gasteiger partial charge >= 0.3 is 5.97 Å². The van der Waals surface area contributed by atoms with Crippen LogP contribution in [0.5, 0.6) is 5.75 Å². The van der Waals surface area contributed by atoms with Gasteiger partial charge < -0.3 is 9.84 Å². The molecule has 0 heterocycles. The predicted octanol–water partition coefficient (Wildman–Crippen LogP) is 2.89. The summed E-state index contributed by atoms with van der Waals surface area (Å²) in [6, 6.07) is 10.6. The summed E-state index contributed by atoms with van der Waals surface area (Å²) in [4.78, 5) is 11.0. The van der Waals surface area contributed by atoms with E-state index in [1.165, 1.54) is 12.1 Å². The van der Waals surface area contributed by atoms with Crippen molar-refractivity contribution in [3.63, 3.8) is 0 Å². The molecule has 0 spiro atoms. The van der Waals surface area contributed by atoms with Crippen molar-refractivity contribution >= 4 is 21.7 Å². The summed E-state index contributed by atoms with van der Waals surface area (Å²) in [5.74, 6) is -0.765. The third kappa shape index (κ3) is 3.81. The normalized spacial score (nSPS) is 11.0. The number of ether oxygens (including phenoxy) is 1. The van der Waals surface area contributed by atoms with Gasteiger partial charge in [-0.05, 0) is 43.7 Å². The highest BCUT2D eigenvalue weighted by molar-refractivity contribution is 7.92. The molecule has 0 aliphatic carbocycles. The molecule has 0 saturated carbocycles. The number of hydrogen-bond acceptors (Lipinski definition) is 4. The third-order valence-corrected chi connectivity index (χ3v) is 4.54. The van der Waals surface area contributed by atoms with E-state index < -0.39 is 16.0 Å². The molecule has 0 radical (unpaired) electrons. The van der Waals surface area contributed by atoms with Crippen LogP contribution in [0.25, 0.3) is 0 Å². The number of sulfonamides is 1. The zero-order chi connectivity index (χ0) is 17.0. The highest BCUT2D eigenvalue weighted by Crippen LogP contribution is 2.27. The van der Waals surface area contributed by atoms with E-state index in [1.807, 2.05) is 0 Å². The molecule has 122 valence electrons. The Hall–Kier alpha value is -2.54. The first-order valence-corrected chi connectivity index (χ1v) is 8.42. The Morgan fingerprint density at radius 2 is 1.91 bits per heavy atom. The number of carboxylic acid groups (broad SMARTS) is 1. The van der Waals surface area contributed by atoms with Gasteiger partial charge in [0.15, 0.2) is 0 Å². The smallest absolute Gasteiger partial charge is 0.335 e. The van der Waals surface area contributed by atoms with Crippen LogP contribution in [0.4, 0.5) is 5.69 Å². The molecule has 7 heteroatoms. The fourth-order valence-corrected chi connectivity index (χ4v) is 3.13. The zero-order valence-electron chi connectivity index (χ0n) is 12.7. The van der Waals surface area contributed by atoms with Crippen LogP contribution in [-0.4, -0.2) is 26.1 Å². The van der Waals surface area contributed by atoms with Crippen molar-refractivity contribution in [1.82, 2.24) is 0 Å². The molecule has 2 N–H and O–H groups in total. The van der Waals surface area contributed by atoms with Gasteiger partial charge in [0.05, 0.1) is 22.8 Å². The molecule has 2 aromatic rings. The molecule has 0 aliphatic rings. The number of rotatable bonds is 6. The van der Waals surface area contributed by atoms with Crippen molar-refractivity contribution in [2.45, 2.75) is 18.7 Å². The lowest BCUT2D eigenvalue weighted by Crippen LogP contribution is -2.15. The Balaban J connectivity index is 2.40. The van der Waals surface area contributed by atoms with Crippen molar-refractivity contribution in [1.29, 1.82) is 0 Å². The second-order valence-corrected chi connectivity index (χ2v) is 6.50. The fourth-order valence-electron chi connectivity index (χ4n) is 2.03. The highest BCUT2D eigenvalue weighted by atomic mass is 32.2. The largest absolute Gasteiger partial charge is 0.492 e. The predicted molar refractivity (Wildman–Crippen MR) is 86.6 cm³/mol. The fraction of sp³-hybridized carbons (Fsp3) is 0.188. The van der Waals surface area contributed by atoms with Crippen LogP contribution in [0.3, 0.4) is 0 Å². The second-order valence-electron chi connectivity index (χ2n) is 4.82. The van der Waals surface area contributed by atoms with Crippen molar-refractivity contribution < 1.29 is 23.1 Å². The maximum atomic E-state index is 12.5. The number of nitrogens with one attached hydrogen (secondary N) is 1. The molecule has 2 aromatic carbocycles. The van der Waals surface area contributed by atoms with Gasteiger partial charge in [0, 0.05) is 0 Å². The van der Waals surface area contributed by atoms with E-state index in [1.54, 1.807) is 38.1 Å². The zero-order valence-corrected chi connectivity index (χ0v) is 13.6. The van der Waals surface area contributed by atoms with Crippen LogP contribution in [0, 0.1) is 6.92 Å². The standard InChI is InChI=1S/C16H17NO5S/c1-3-22-15-7-5-4-6-14(15)17-23(20,21)12-9-8-11(2)13(10-12)16(18)19/h4-10,17H,3H2,1-2H3,(H,18,19). The number of hydrogen-bond donors (Lipinski definition) is 2. The van der Waals surface area contributed by atoms with E-state index in [-0.39, 0.29) is 10.5 Å². The summed E-state index contributed by atoms with van der Waals surface area (Å²) in [6.45, 7) is 3.80. The lowest BCUT2D eigenvalue weighted by molar-refractivity contribution is 0.0696. The van der Waals surface area contributed by atoms with Gasteiger partial charge in [-0.15, -0.1) is 0 Å². The van der Waals surface area contributed by atoms with Gasteiger partial charge in [-0.3, -0.25) is 4.72 Å². The molecule has 0 fully saturated rings. The first kappa shape index (κ1) is 16.8. The van der Waals surface area contributed by atoms with Gasteiger partial charge in [0.2, 0.25) is 0 Å². The maximum absolute atomic E-state index is 12.5. The number of aryl methyl sites for hydroxylation is 1. The number of carbonyl (C=O) groups is 1. The van der Waals surface area contributed by atoms with Crippen LogP contribution >= 0.6 is 0 Å². The van der Waals surface area contributed by atoms with Gasteiger partial charge in [-0.1, -0.05) is 18.2 Å². The molecule has 6 nitrogen and oxygen atoms in total. The number of aromatic carboxylic acids is 1. The van der Waals surface area contributed by atoms with Crippen LogP contribution < -0.4 is 9.46 Å². The molecule has 23 heavy (non-hydrogen) atoms. The van der Waals surface area contributed by atoms with Crippen molar-refractivity contribution in [2.24, 2.45) is 0 Å². The van der Waals surface area contributed by atoms with E-state index >= 15 is 0 Å². The van der Waals surface area contributed by atoms with Gasteiger partial charge in [-0.25, -0.2) is 13.2 Å². The molecule has 0 bridgehead atoms. The number of anilines is 1. The molecule has 0 atom stereocenters. The van der Waals surface area contributed by atoms with E-state index in [0.717, 1.165) is 6.07 Å². The molecular weight excluding hydrogens is 318 g/mol. The number of para-hydroxylation sites is 2. The quantitative estimate of drug-likeness (QED) is 0.847. The van der Waals surface area contributed by atoms with Crippen molar-refractivity contribution in [3.8, 4) is 5.75 Å². The Bertz CT molecular complexity index is 830. The average Bonchev–Trinajstić information content (AvgIpc) is 2.49. The van der Waals surface area contributed by atoms with E-state index in [9.17, 15) is 13.2 Å². The minimum absolute atomic E-state index is 0.0500. The molecule has 0 amide bonds. The Morgan fingerprint density at radius 3 is 2.57 bits per heavy atom. The lowest BCUT2D eigenvalue weighted by Gasteiger charge is -2.13. The van der Waals surface area contributed by atoms with E-state index in [4.69, 9.17) is 9.84 Å². The van der Waals surface area contributed by atoms with Crippen molar-refractivity contribution in [2.75, 3.05) is 11.3 Å². The topological polar surface area (TPSA) is 92.7 Å². The summed E-state index contributed by atoms with van der Waals surface area (Å²) in [6.07, 6.45) is 0. The van der Waals surface area contributed by atoms with Crippen molar-refractivity contribution in [3.05, 3.63) is 53.6 Å². The summed E-state index contributed by atoms with van der Waals surface area (Å²) in [5, 5.41) is 9.12. The minimum atomic E-state index is -3.92. The molecular formula is C16H17NO5S. The second kappa shape index (κ2) is 6.70. The highest BCUT2D eigenvalue weighted by Gasteiger charge is 2.19. The summed E-state index contributed by atoms with van der Waals surface area (Å²) in [7, 11) is -3.92. The van der Waals surface area contributed by atoms with E-state index in [2.05, 4.69) is 4.72 Å². The summed E-state index contributed by atoms with van der Waals surface area (Å²) < 4.78 is 32.8. The Labute approximate surface area is 134 Å². The van der Waals surface area contributed by atoms with Gasteiger partial charge in [0.25, 0.3) is 10.0 Å². The number of carboxylic acids is 1. The van der Waals surface area contributed by atoms with Crippen LogP contribution in [-0.2, 0) is 10.0 Å². The monoisotopic (exact) mass is 335 g/mol. The molecule has 0 saturated heterocycles. The maximum Gasteiger partial charge on any atom is 0.335 e. The molecule has 2 rings (SSSR count). The molecule has 0 aromatic heterocycles. The van der Waals surface area contributed by atoms with Crippen LogP contribution in [0.2, 0.25) is 0 Å². The summed E-state index contributed by atoms with van der Waals surface area (Å²) in [5.41, 5.74) is 0.740. The van der Waals surface area contributed by atoms with Gasteiger partial charge in [0.1, 0.15) is 5.75 Å². The van der Waals surface area contributed by atoms with Crippen LogP contribution in [0.1, 0.15) is 22.8 Å². The van der Waals surface area contributed by atoms with Gasteiger partial charge in [-0.2, -0.15) is 0 Å². The molecule has 0 aliphatic heterocycles.